The van der Waals surface area contributed by atoms with E-state index in [9.17, 15) is 0 Å². The molecule has 0 radical (unpaired) electrons. The van der Waals surface area contributed by atoms with Crippen molar-refractivity contribution < 1.29 is 4.74 Å². The van der Waals surface area contributed by atoms with Crippen LogP contribution in [0.15, 0.2) is 64.7 Å². The lowest BCUT2D eigenvalue weighted by Gasteiger charge is -2.09. The number of nitrogens with zero attached hydrogens (tertiary/aromatic N) is 2. The summed E-state index contributed by atoms with van der Waals surface area (Å²) in [5.41, 5.74) is 3.22. The third-order valence-corrected chi connectivity index (χ3v) is 5.37. The molecular formula is C20H16BrN3OS. The van der Waals surface area contributed by atoms with E-state index in [0.29, 0.717) is 6.61 Å². The van der Waals surface area contributed by atoms with Gasteiger partial charge in [0, 0.05) is 21.1 Å². The Morgan fingerprint density at radius 3 is 2.54 bits per heavy atom. The van der Waals surface area contributed by atoms with Crippen molar-refractivity contribution in [1.82, 2.24) is 9.97 Å². The maximum Gasteiger partial charge on any atom is 0.143 e. The van der Waals surface area contributed by atoms with Gasteiger partial charge in [-0.2, -0.15) is 0 Å². The zero-order valence-electron chi connectivity index (χ0n) is 14.1. The van der Waals surface area contributed by atoms with Gasteiger partial charge in [0.1, 0.15) is 22.7 Å². The minimum absolute atomic E-state index is 0.663. The first kappa shape index (κ1) is 17.0. The lowest BCUT2D eigenvalue weighted by molar-refractivity contribution is 0.340. The Morgan fingerprint density at radius 2 is 1.81 bits per heavy atom. The Bertz CT molecular complexity index is 1030. The molecule has 0 aliphatic carbocycles. The molecule has 0 saturated carbocycles. The second-order valence-electron chi connectivity index (χ2n) is 5.64. The van der Waals surface area contributed by atoms with Gasteiger partial charge in [-0.05, 0) is 48.9 Å². The van der Waals surface area contributed by atoms with Crippen LogP contribution in [-0.2, 0) is 0 Å². The molecule has 0 aliphatic heterocycles. The second-order valence-corrected chi connectivity index (χ2v) is 7.41. The first-order valence-electron chi connectivity index (χ1n) is 8.22. The Hall–Kier alpha value is -2.44. The van der Waals surface area contributed by atoms with Crippen LogP contribution in [0.4, 0.5) is 11.5 Å². The summed E-state index contributed by atoms with van der Waals surface area (Å²) >= 11 is 5.08. The summed E-state index contributed by atoms with van der Waals surface area (Å²) in [7, 11) is 0. The van der Waals surface area contributed by atoms with Gasteiger partial charge in [0.2, 0.25) is 0 Å². The number of benzene rings is 2. The molecule has 2 aromatic carbocycles. The van der Waals surface area contributed by atoms with Crippen LogP contribution in [0.1, 0.15) is 6.92 Å². The number of hydrogen-bond donors (Lipinski definition) is 1. The summed E-state index contributed by atoms with van der Waals surface area (Å²) < 4.78 is 6.58. The molecule has 0 unspecified atom stereocenters. The van der Waals surface area contributed by atoms with Gasteiger partial charge in [-0.15, -0.1) is 11.3 Å². The second kappa shape index (κ2) is 7.43. The zero-order valence-corrected chi connectivity index (χ0v) is 16.5. The number of aromatic nitrogens is 2. The van der Waals surface area contributed by atoms with Crippen molar-refractivity contribution in [2.45, 2.75) is 6.92 Å². The van der Waals surface area contributed by atoms with Crippen molar-refractivity contribution in [2.24, 2.45) is 0 Å². The standard InChI is InChI=1S/C20H16BrN3OS/c1-2-25-16-9-3-13(4-10-16)17-11-26-20-18(17)19(22-12-23-20)24-15-7-5-14(21)6-8-15/h3-12H,2H2,1H3,(H,22,23,24). The van der Waals surface area contributed by atoms with E-state index < -0.39 is 0 Å². The lowest BCUT2D eigenvalue weighted by Crippen LogP contribution is -1.95. The summed E-state index contributed by atoms with van der Waals surface area (Å²) in [6.07, 6.45) is 1.60. The van der Waals surface area contributed by atoms with E-state index in [1.807, 2.05) is 43.3 Å². The molecule has 1 N–H and O–H groups in total. The number of rotatable bonds is 5. The van der Waals surface area contributed by atoms with Crippen LogP contribution in [0, 0.1) is 0 Å². The fourth-order valence-electron chi connectivity index (χ4n) is 2.75. The number of halogens is 1. The van der Waals surface area contributed by atoms with Gasteiger partial charge in [-0.25, -0.2) is 9.97 Å². The van der Waals surface area contributed by atoms with Gasteiger partial charge < -0.3 is 10.1 Å². The van der Waals surface area contributed by atoms with Gasteiger partial charge in [0.15, 0.2) is 0 Å². The van der Waals surface area contributed by atoms with Crippen molar-refractivity contribution in [2.75, 3.05) is 11.9 Å². The summed E-state index contributed by atoms with van der Waals surface area (Å²) in [5.74, 6) is 1.68. The molecule has 0 amide bonds. The van der Waals surface area contributed by atoms with Crippen LogP contribution in [0.5, 0.6) is 5.75 Å². The van der Waals surface area contributed by atoms with E-state index in [4.69, 9.17) is 4.74 Å². The summed E-state index contributed by atoms with van der Waals surface area (Å²) in [5, 5.41) is 6.57. The highest BCUT2D eigenvalue weighted by molar-refractivity contribution is 9.10. The van der Waals surface area contributed by atoms with Gasteiger partial charge in [0.05, 0.1) is 12.0 Å². The third-order valence-electron chi connectivity index (χ3n) is 3.95. The average molecular weight is 426 g/mol. The van der Waals surface area contributed by atoms with Crippen molar-refractivity contribution in [3.63, 3.8) is 0 Å². The number of fused-ring (bicyclic) bond motifs is 1. The molecule has 2 aromatic heterocycles. The molecule has 0 aliphatic rings. The zero-order chi connectivity index (χ0) is 17.9. The number of hydrogen-bond acceptors (Lipinski definition) is 5. The van der Waals surface area contributed by atoms with Crippen LogP contribution in [-0.4, -0.2) is 16.6 Å². The maximum atomic E-state index is 5.54. The number of ether oxygens (including phenoxy) is 1. The Balaban J connectivity index is 1.75. The average Bonchev–Trinajstić information content (AvgIpc) is 3.10. The van der Waals surface area contributed by atoms with Gasteiger partial charge in [-0.1, -0.05) is 28.1 Å². The number of thiophene rings is 1. The Labute approximate surface area is 164 Å². The highest BCUT2D eigenvalue weighted by Crippen LogP contribution is 2.37. The monoisotopic (exact) mass is 425 g/mol. The van der Waals surface area contributed by atoms with E-state index in [2.05, 4.69) is 48.7 Å². The molecule has 0 bridgehead atoms. The van der Waals surface area contributed by atoms with E-state index >= 15 is 0 Å². The summed E-state index contributed by atoms with van der Waals surface area (Å²) in [4.78, 5) is 9.87. The van der Waals surface area contributed by atoms with Crippen LogP contribution in [0.3, 0.4) is 0 Å². The number of anilines is 2. The molecule has 130 valence electrons. The molecule has 0 saturated heterocycles. The number of nitrogens with one attached hydrogen (secondary N) is 1. The van der Waals surface area contributed by atoms with Crippen LogP contribution in [0.25, 0.3) is 21.3 Å². The van der Waals surface area contributed by atoms with Crippen LogP contribution in [0.2, 0.25) is 0 Å². The van der Waals surface area contributed by atoms with Crippen LogP contribution >= 0.6 is 27.3 Å². The van der Waals surface area contributed by atoms with Crippen LogP contribution < -0.4 is 10.1 Å². The van der Waals surface area contributed by atoms with Crippen molar-refractivity contribution >= 4 is 49.0 Å². The molecule has 2 heterocycles. The predicted molar refractivity (Wildman–Crippen MR) is 111 cm³/mol. The first-order chi connectivity index (χ1) is 12.7. The lowest BCUT2D eigenvalue weighted by atomic mass is 10.1. The quantitative estimate of drug-likeness (QED) is 0.409. The molecule has 4 aromatic rings. The molecule has 6 heteroatoms. The van der Waals surface area contributed by atoms with E-state index in [1.165, 1.54) is 0 Å². The maximum absolute atomic E-state index is 5.54. The van der Waals surface area contributed by atoms with E-state index in [1.54, 1.807) is 17.7 Å². The minimum atomic E-state index is 0.663. The smallest absolute Gasteiger partial charge is 0.143 e. The summed E-state index contributed by atoms with van der Waals surface area (Å²) in [6, 6.07) is 16.2. The molecular weight excluding hydrogens is 410 g/mol. The highest BCUT2D eigenvalue weighted by Gasteiger charge is 2.13. The van der Waals surface area contributed by atoms with Crippen molar-refractivity contribution in [1.29, 1.82) is 0 Å². The van der Waals surface area contributed by atoms with Gasteiger partial charge >= 0.3 is 0 Å². The van der Waals surface area contributed by atoms with Gasteiger partial charge in [0.25, 0.3) is 0 Å². The fraction of sp³-hybridized carbons (Fsp3) is 0.100. The molecule has 0 atom stereocenters. The van der Waals surface area contributed by atoms with Crippen molar-refractivity contribution in [3.05, 3.63) is 64.7 Å². The molecule has 26 heavy (non-hydrogen) atoms. The van der Waals surface area contributed by atoms with E-state index in [0.717, 1.165) is 43.1 Å². The van der Waals surface area contributed by atoms with Crippen molar-refractivity contribution in [3.8, 4) is 16.9 Å². The molecule has 4 rings (SSSR count). The first-order valence-corrected chi connectivity index (χ1v) is 9.90. The topological polar surface area (TPSA) is 47.0 Å². The predicted octanol–water partition coefficient (Wildman–Crippen LogP) is 6.26. The summed E-state index contributed by atoms with van der Waals surface area (Å²) in [6.45, 7) is 2.65. The molecule has 0 spiro atoms. The van der Waals surface area contributed by atoms with E-state index in [-0.39, 0.29) is 0 Å². The third kappa shape index (κ3) is 3.43. The minimum Gasteiger partial charge on any atom is -0.494 e. The van der Waals surface area contributed by atoms with Gasteiger partial charge in [-0.3, -0.25) is 0 Å². The Kier molecular flexibility index (Phi) is 4.86. The Morgan fingerprint density at radius 1 is 1.04 bits per heavy atom. The fourth-order valence-corrected chi connectivity index (χ4v) is 3.93. The SMILES string of the molecule is CCOc1ccc(-c2csc3ncnc(Nc4ccc(Br)cc4)c23)cc1. The highest BCUT2D eigenvalue weighted by atomic mass is 79.9. The largest absolute Gasteiger partial charge is 0.494 e. The normalized spacial score (nSPS) is 10.8. The molecule has 0 fully saturated rings. The molecule has 4 nitrogen and oxygen atoms in total.